The van der Waals surface area contributed by atoms with Crippen LogP contribution in [-0.4, -0.2) is 23.7 Å². The summed E-state index contributed by atoms with van der Waals surface area (Å²) in [6.07, 6.45) is 2.85. The number of hydrogen-bond acceptors (Lipinski definition) is 4. The standard InChI is InChI=1S/C14H17N3O/c1-15-7-6-13-16-14(17-18-13)12-8-10-4-2-3-5-11(10)9-12/h2-5,12,15H,6-9H2,1H3. The zero-order valence-electron chi connectivity index (χ0n) is 10.5. The smallest absolute Gasteiger partial charge is 0.227 e. The van der Waals surface area contributed by atoms with Gasteiger partial charge < -0.3 is 9.84 Å². The summed E-state index contributed by atoms with van der Waals surface area (Å²) in [5.74, 6) is 1.97. The Morgan fingerprint density at radius 1 is 1.28 bits per heavy atom. The van der Waals surface area contributed by atoms with E-state index in [2.05, 4.69) is 39.7 Å². The molecule has 1 aliphatic rings. The molecule has 0 radical (unpaired) electrons. The fourth-order valence-electron chi connectivity index (χ4n) is 2.51. The van der Waals surface area contributed by atoms with E-state index < -0.39 is 0 Å². The summed E-state index contributed by atoms with van der Waals surface area (Å²) in [6.45, 7) is 0.868. The predicted octanol–water partition coefficient (Wildman–Crippen LogP) is 1.71. The van der Waals surface area contributed by atoms with Gasteiger partial charge in [-0.15, -0.1) is 0 Å². The van der Waals surface area contributed by atoms with Crippen molar-refractivity contribution in [1.29, 1.82) is 0 Å². The van der Waals surface area contributed by atoms with Crippen molar-refractivity contribution >= 4 is 0 Å². The van der Waals surface area contributed by atoms with Crippen molar-refractivity contribution < 1.29 is 4.52 Å². The predicted molar refractivity (Wildman–Crippen MR) is 68.5 cm³/mol. The van der Waals surface area contributed by atoms with Crippen molar-refractivity contribution in [3.63, 3.8) is 0 Å². The summed E-state index contributed by atoms with van der Waals surface area (Å²) in [4.78, 5) is 4.50. The number of rotatable bonds is 4. The second-order valence-corrected chi connectivity index (χ2v) is 4.77. The van der Waals surface area contributed by atoms with E-state index in [1.54, 1.807) is 0 Å². The Morgan fingerprint density at radius 3 is 2.67 bits per heavy atom. The molecular formula is C14H17N3O. The molecule has 0 spiro atoms. The highest BCUT2D eigenvalue weighted by Crippen LogP contribution is 2.32. The highest BCUT2D eigenvalue weighted by molar-refractivity contribution is 5.34. The lowest BCUT2D eigenvalue weighted by Crippen LogP contribution is -2.10. The molecule has 0 atom stereocenters. The quantitative estimate of drug-likeness (QED) is 0.888. The first kappa shape index (κ1) is 11.4. The summed E-state index contributed by atoms with van der Waals surface area (Å²) in [5.41, 5.74) is 2.84. The molecule has 94 valence electrons. The molecule has 1 N–H and O–H groups in total. The van der Waals surface area contributed by atoms with Crippen LogP contribution in [0.4, 0.5) is 0 Å². The molecule has 4 heteroatoms. The van der Waals surface area contributed by atoms with Crippen molar-refractivity contribution in [1.82, 2.24) is 15.5 Å². The highest BCUT2D eigenvalue weighted by Gasteiger charge is 2.26. The van der Waals surface area contributed by atoms with Gasteiger partial charge in [-0.05, 0) is 31.0 Å². The molecule has 0 saturated heterocycles. The lowest BCUT2D eigenvalue weighted by molar-refractivity contribution is 0.369. The Labute approximate surface area is 106 Å². The maximum absolute atomic E-state index is 5.28. The zero-order valence-corrected chi connectivity index (χ0v) is 10.5. The lowest BCUT2D eigenvalue weighted by atomic mass is 10.1. The van der Waals surface area contributed by atoms with Crippen LogP contribution in [0.15, 0.2) is 28.8 Å². The molecule has 0 amide bonds. The molecule has 1 aromatic carbocycles. The highest BCUT2D eigenvalue weighted by atomic mass is 16.5. The van der Waals surface area contributed by atoms with Gasteiger partial charge >= 0.3 is 0 Å². The minimum atomic E-state index is 0.384. The van der Waals surface area contributed by atoms with E-state index in [0.717, 1.165) is 37.5 Å². The Morgan fingerprint density at radius 2 is 2.00 bits per heavy atom. The van der Waals surface area contributed by atoms with Gasteiger partial charge in [0, 0.05) is 18.9 Å². The van der Waals surface area contributed by atoms with Gasteiger partial charge in [-0.3, -0.25) is 0 Å². The van der Waals surface area contributed by atoms with Gasteiger partial charge in [0.2, 0.25) is 5.89 Å². The molecular weight excluding hydrogens is 226 g/mol. The van der Waals surface area contributed by atoms with Crippen molar-refractivity contribution in [3.05, 3.63) is 47.1 Å². The van der Waals surface area contributed by atoms with Crippen LogP contribution in [0.1, 0.15) is 28.8 Å². The van der Waals surface area contributed by atoms with Gasteiger partial charge in [0.05, 0.1) is 0 Å². The van der Waals surface area contributed by atoms with E-state index in [1.165, 1.54) is 11.1 Å². The average Bonchev–Trinajstić information content (AvgIpc) is 3.02. The summed E-state index contributed by atoms with van der Waals surface area (Å²) in [7, 11) is 1.92. The van der Waals surface area contributed by atoms with Crippen LogP contribution in [-0.2, 0) is 19.3 Å². The minimum Gasteiger partial charge on any atom is -0.339 e. The first-order valence-electron chi connectivity index (χ1n) is 6.40. The molecule has 4 nitrogen and oxygen atoms in total. The molecule has 0 bridgehead atoms. The number of hydrogen-bond donors (Lipinski definition) is 1. The van der Waals surface area contributed by atoms with Crippen LogP contribution < -0.4 is 5.32 Å². The van der Waals surface area contributed by atoms with E-state index in [9.17, 15) is 0 Å². The van der Waals surface area contributed by atoms with Crippen LogP contribution in [0.2, 0.25) is 0 Å². The van der Waals surface area contributed by atoms with Gasteiger partial charge in [0.15, 0.2) is 5.82 Å². The number of benzene rings is 1. The maximum atomic E-state index is 5.28. The zero-order chi connectivity index (χ0) is 12.4. The Balaban J connectivity index is 1.72. The SMILES string of the molecule is CNCCc1nc(C2Cc3ccccc3C2)no1. The summed E-state index contributed by atoms with van der Waals surface area (Å²) < 4.78 is 5.28. The van der Waals surface area contributed by atoms with Crippen molar-refractivity contribution in [2.75, 3.05) is 13.6 Å². The molecule has 3 rings (SSSR count). The van der Waals surface area contributed by atoms with Crippen LogP contribution in [0.25, 0.3) is 0 Å². The Hall–Kier alpha value is -1.68. The summed E-state index contributed by atoms with van der Waals surface area (Å²) in [5, 5.41) is 7.20. The van der Waals surface area contributed by atoms with Gasteiger partial charge in [0.1, 0.15) is 0 Å². The molecule has 18 heavy (non-hydrogen) atoms. The van der Waals surface area contributed by atoms with Gasteiger partial charge in [-0.2, -0.15) is 4.98 Å². The molecule has 1 aromatic heterocycles. The topological polar surface area (TPSA) is 51.0 Å². The largest absolute Gasteiger partial charge is 0.339 e. The number of aromatic nitrogens is 2. The van der Waals surface area contributed by atoms with E-state index >= 15 is 0 Å². The average molecular weight is 243 g/mol. The van der Waals surface area contributed by atoms with E-state index in [-0.39, 0.29) is 0 Å². The fraction of sp³-hybridized carbons (Fsp3) is 0.429. The second-order valence-electron chi connectivity index (χ2n) is 4.77. The minimum absolute atomic E-state index is 0.384. The van der Waals surface area contributed by atoms with Gasteiger partial charge in [-0.1, -0.05) is 29.4 Å². The second kappa shape index (κ2) is 4.90. The molecule has 0 saturated carbocycles. The maximum Gasteiger partial charge on any atom is 0.227 e. The first-order valence-corrected chi connectivity index (χ1v) is 6.40. The molecule has 1 aliphatic carbocycles. The number of nitrogens with one attached hydrogen (secondary N) is 1. The number of fused-ring (bicyclic) bond motifs is 1. The molecule has 2 aromatic rings. The third-order valence-corrected chi connectivity index (χ3v) is 3.49. The van der Waals surface area contributed by atoms with Crippen molar-refractivity contribution in [2.45, 2.75) is 25.2 Å². The normalized spacial score (nSPS) is 14.9. The third kappa shape index (κ3) is 2.16. The van der Waals surface area contributed by atoms with Crippen LogP contribution >= 0.6 is 0 Å². The Bertz CT molecular complexity index is 510. The Kier molecular flexibility index (Phi) is 3.11. The third-order valence-electron chi connectivity index (χ3n) is 3.49. The van der Waals surface area contributed by atoms with Gasteiger partial charge in [-0.25, -0.2) is 0 Å². The van der Waals surface area contributed by atoms with Crippen molar-refractivity contribution in [2.24, 2.45) is 0 Å². The lowest BCUT2D eigenvalue weighted by Gasteiger charge is -2.00. The van der Waals surface area contributed by atoms with E-state index in [1.807, 2.05) is 7.05 Å². The summed E-state index contributed by atoms with van der Waals surface area (Å²) in [6, 6.07) is 8.57. The first-order chi connectivity index (χ1) is 8.86. The van der Waals surface area contributed by atoms with E-state index in [0.29, 0.717) is 5.92 Å². The molecule has 0 unspecified atom stereocenters. The summed E-state index contributed by atoms with van der Waals surface area (Å²) >= 11 is 0. The van der Waals surface area contributed by atoms with Crippen LogP contribution in [0.5, 0.6) is 0 Å². The fourth-order valence-corrected chi connectivity index (χ4v) is 2.51. The molecule has 1 heterocycles. The van der Waals surface area contributed by atoms with Crippen molar-refractivity contribution in [3.8, 4) is 0 Å². The van der Waals surface area contributed by atoms with Crippen LogP contribution in [0.3, 0.4) is 0 Å². The monoisotopic (exact) mass is 243 g/mol. The van der Waals surface area contributed by atoms with Gasteiger partial charge in [0.25, 0.3) is 0 Å². The molecule has 0 aliphatic heterocycles. The van der Waals surface area contributed by atoms with E-state index in [4.69, 9.17) is 4.52 Å². The number of likely N-dealkylation sites (N-methyl/N-ethyl adjacent to an activating group) is 1. The van der Waals surface area contributed by atoms with Crippen LogP contribution in [0, 0.1) is 0 Å². The molecule has 0 fully saturated rings. The number of nitrogens with zero attached hydrogens (tertiary/aromatic N) is 2.